The zero-order valence-corrected chi connectivity index (χ0v) is 11.0. The number of rotatable bonds is 3. The fourth-order valence-electron chi connectivity index (χ4n) is 2.30. The Morgan fingerprint density at radius 1 is 1.35 bits per heavy atom. The van der Waals surface area contributed by atoms with Gasteiger partial charge in [0.25, 0.3) is 0 Å². The van der Waals surface area contributed by atoms with E-state index in [1.165, 1.54) is 6.33 Å². The quantitative estimate of drug-likeness (QED) is 0.854. The molecule has 1 amide bonds. The number of hydrogen-bond acceptors (Lipinski definition) is 5. The number of nitrogens with zero attached hydrogens (tertiary/aromatic N) is 4. The molecule has 2 heterocycles. The fourth-order valence-corrected chi connectivity index (χ4v) is 2.30. The molecule has 0 spiro atoms. The first kappa shape index (κ1) is 12.7. The van der Waals surface area contributed by atoms with Gasteiger partial charge in [0, 0.05) is 12.2 Å². The second-order valence-corrected chi connectivity index (χ2v) is 4.83. The monoisotopic (exact) mass is 272 g/mol. The van der Waals surface area contributed by atoms with Gasteiger partial charge in [-0.2, -0.15) is 0 Å². The molecular formula is C13H16N6O. The summed E-state index contributed by atoms with van der Waals surface area (Å²) in [6.45, 7) is 1.76. The van der Waals surface area contributed by atoms with Crippen LogP contribution in [0.15, 0.2) is 30.6 Å². The van der Waals surface area contributed by atoms with E-state index in [-0.39, 0.29) is 11.8 Å². The number of tetrazole rings is 1. The van der Waals surface area contributed by atoms with Crippen molar-refractivity contribution in [1.82, 2.24) is 25.5 Å². The summed E-state index contributed by atoms with van der Waals surface area (Å²) in [7, 11) is 0. The number of amides is 1. The van der Waals surface area contributed by atoms with Crippen LogP contribution < -0.4 is 10.6 Å². The lowest BCUT2D eigenvalue weighted by Gasteiger charge is -2.21. The summed E-state index contributed by atoms with van der Waals surface area (Å²) in [6.07, 6.45) is 3.53. The molecule has 3 rings (SSSR count). The van der Waals surface area contributed by atoms with Gasteiger partial charge in [-0.25, -0.2) is 4.68 Å². The Morgan fingerprint density at radius 2 is 2.20 bits per heavy atom. The van der Waals surface area contributed by atoms with Crippen LogP contribution in [0.1, 0.15) is 12.8 Å². The van der Waals surface area contributed by atoms with E-state index < -0.39 is 0 Å². The average molecular weight is 272 g/mol. The van der Waals surface area contributed by atoms with Crippen molar-refractivity contribution >= 4 is 11.6 Å². The number of benzene rings is 1. The molecule has 0 radical (unpaired) electrons. The maximum atomic E-state index is 12.1. The van der Waals surface area contributed by atoms with Crippen LogP contribution in [-0.2, 0) is 4.79 Å². The normalized spacial score (nSPS) is 18.7. The van der Waals surface area contributed by atoms with Gasteiger partial charge in [-0.1, -0.05) is 0 Å². The van der Waals surface area contributed by atoms with Crippen LogP contribution >= 0.6 is 0 Å². The molecule has 7 nitrogen and oxygen atoms in total. The molecule has 20 heavy (non-hydrogen) atoms. The molecule has 0 bridgehead atoms. The van der Waals surface area contributed by atoms with Crippen molar-refractivity contribution < 1.29 is 4.79 Å². The van der Waals surface area contributed by atoms with Gasteiger partial charge in [0.1, 0.15) is 6.33 Å². The van der Waals surface area contributed by atoms with Crippen LogP contribution in [0.2, 0.25) is 0 Å². The number of carbonyl (C=O) groups excluding carboxylic acids is 1. The number of aromatic nitrogens is 4. The molecular weight excluding hydrogens is 256 g/mol. The molecule has 1 aromatic carbocycles. The first-order valence-corrected chi connectivity index (χ1v) is 6.68. The number of hydrogen-bond donors (Lipinski definition) is 2. The molecule has 1 aromatic heterocycles. The van der Waals surface area contributed by atoms with Crippen molar-refractivity contribution in [2.45, 2.75) is 12.8 Å². The summed E-state index contributed by atoms with van der Waals surface area (Å²) < 4.78 is 1.57. The molecule has 7 heteroatoms. The molecule has 0 saturated carbocycles. The Morgan fingerprint density at radius 3 is 2.85 bits per heavy atom. The summed E-state index contributed by atoms with van der Waals surface area (Å²) >= 11 is 0. The molecule has 0 aliphatic carbocycles. The summed E-state index contributed by atoms with van der Waals surface area (Å²) in [5.74, 6) is 0.135. The van der Waals surface area contributed by atoms with Gasteiger partial charge in [-0.05, 0) is 54.1 Å². The van der Waals surface area contributed by atoms with Crippen molar-refractivity contribution in [3.63, 3.8) is 0 Å². The Hall–Kier alpha value is -2.28. The number of piperidine rings is 1. The Kier molecular flexibility index (Phi) is 3.69. The highest BCUT2D eigenvalue weighted by atomic mass is 16.1. The van der Waals surface area contributed by atoms with Gasteiger partial charge in [-0.3, -0.25) is 4.79 Å². The highest BCUT2D eigenvalue weighted by Crippen LogP contribution is 2.16. The molecule has 0 unspecified atom stereocenters. The van der Waals surface area contributed by atoms with Gasteiger partial charge < -0.3 is 10.6 Å². The summed E-state index contributed by atoms with van der Waals surface area (Å²) in [4.78, 5) is 12.1. The zero-order chi connectivity index (χ0) is 13.8. The maximum Gasteiger partial charge on any atom is 0.228 e. The Labute approximate surface area is 116 Å². The average Bonchev–Trinajstić information content (AvgIpc) is 3.03. The molecule has 2 N–H and O–H groups in total. The third-order valence-electron chi connectivity index (χ3n) is 3.42. The number of anilines is 1. The number of nitrogens with one attached hydrogen (secondary N) is 2. The summed E-state index contributed by atoms with van der Waals surface area (Å²) in [5, 5.41) is 17.2. The van der Waals surface area contributed by atoms with Gasteiger partial charge in [0.05, 0.1) is 11.6 Å². The lowest BCUT2D eigenvalue weighted by molar-refractivity contribution is -0.120. The minimum absolute atomic E-state index is 0.0583. The van der Waals surface area contributed by atoms with Crippen LogP contribution in [0.4, 0.5) is 5.69 Å². The standard InChI is InChI=1S/C13H16N6O/c20-13(10-2-1-7-14-8-10)16-11-3-5-12(6-4-11)19-9-15-17-18-19/h3-6,9-10,14H,1-2,7-8H2,(H,16,20)/t10-/m0/s1. The van der Waals surface area contributed by atoms with E-state index in [1.807, 2.05) is 24.3 Å². The molecule has 1 aliphatic rings. The zero-order valence-electron chi connectivity index (χ0n) is 11.0. The van der Waals surface area contributed by atoms with Gasteiger partial charge in [0.15, 0.2) is 0 Å². The van der Waals surface area contributed by atoms with Crippen LogP contribution in [0, 0.1) is 5.92 Å². The van der Waals surface area contributed by atoms with Crippen LogP contribution in [0.5, 0.6) is 0 Å². The molecule has 1 atom stereocenters. The SMILES string of the molecule is O=C(Nc1ccc(-n2cnnn2)cc1)[C@H]1CCCNC1. The van der Waals surface area contributed by atoms with Crippen LogP contribution in [-0.4, -0.2) is 39.2 Å². The minimum Gasteiger partial charge on any atom is -0.326 e. The maximum absolute atomic E-state index is 12.1. The number of carbonyl (C=O) groups is 1. The van der Waals surface area contributed by atoms with E-state index in [2.05, 4.69) is 26.2 Å². The summed E-state index contributed by atoms with van der Waals surface area (Å²) in [6, 6.07) is 7.44. The van der Waals surface area contributed by atoms with Crippen molar-refractivity contribution in [3.8, 4) is 5.69 Å². The van der Waals surface area contributed by atoms with Crippen molar-refractivity contribution in [3.05, 3.63) is 30.6 Å². The lowest BCUT2D eigenvalue weighted by Crippen LogP contribution is -2.37. The third kappa shape index (κ3) is 2.83. The predicted octanol–water partition coefficient (Wildman–Crippen LogP) is 0.600. The highest BCUT2D eigenvalue weighted by molar-refractivity contribution is 5.92. The molecule has 1 saturated heterocycles. The van der Waals surface area contributed by atoms with E-state index >= 15 is 0 Å². The van der Waals surface area contributed by atoms with Crippen molar-refractivity contribution in [2.24, 2.45) is 5.92 Å². The predicted molar refractivity (Wildman–Crippen MR) is 73.4 cm³/mol. The molecule has 1 fully saturated rings. The fraction of sp³-hybridized carbons (Fsp3) is 0.385. The largest absolute Gasteiger partial charge is 0.326 e. The molecule has 104 valence electrons. The van der Waals surface area contributed by atoms with E-state index in [0.717, 1.165) is 37.3 Å². The Balaban J connectivity index is 1.64. The molecule has 1 aliphatic heterocycles. The van der Waals surface area contributed by atoms with Crippen molar-refractivity contribution in [1.29, 1.82) is 0 Å². The lowest BCUT2D eigenvalue weighted by atomic mass is 9.99. The topological polar surface area (TPSA) is 84.7 Å². The van der Waals surface area contributed by atoms with E-state index in [9.17, 15) is 4.79 Å². The van der Waals surface area contributed by atoms with Gasteiger partial charge >= 0.3 is 0 Å². The second-order valence-electron chi connectivity index (χ2n) is 4.83. The van der Waals surface area contributed by atoms with E-state index in [0.29, 0.717) is 0 Å². The van der Waals surface area contributed by atoms with Gasteiger partial charge in [-0.15, -0.1) is 5.10 Å². The minimum atomic E-state index is 0.0583. The van der Waals surface area contributed by atoms with Crippen LogP contribution in [0.3, 0.4) is 0 Å². The van der Waals surface area contributed by atoms with E-state index in [1.54, 1.807) is 4.68 Å². The highest BCUT2D eigenvalue weighted by Gasteiger charge is 2.20. The van der Waals surface area contributed by atoms with Crippen molar-refractivity contribution in [2.75, 3.05) is 18.4 Å². The summed E-state index contributed by atoms with van der Waals surface area (Å²) in [5.41, 5.74) is 1.64. The Bertz CT molecular complexity index is 559. The van der Waals surface area contributed by atoms with Gasteiger partial charge in [0.2, 0.25) is 5.91 Å². The third-order valence-corrected chi connectivity index (χ3v) is 3.42. The first-order valence-electron chi connectivity index (χ1n) is 6.68. The first-order chi connectivity index (χ1) is 9.83. The second kappa shape index (κ2) is 5.79. The smallest absolute Gasteiger partial charge is 0.228 e. The van der Waals surface area contributed by atoms with Crippen LogP contribution in [0.25, 0.3) is 5.69 Å². The van der Waals surface area contributed by atoms with E-state index in [4.69, 9.17) is 0 Å². The molecule has 2 aromatic rings.